The van der Waals surface area contributed by atoms with Gasteiger partial charge in [-0.1, -0.05) is 13.3 Å². The Bertz CT molecular complexity index is 374. The third-order valence-corrected chi connectivity index (χ3v) is 2.66. The number of hydrogen-bond donors (Lipinski definition) is 3. The monoisotopic (exact) mass is 267 g/mol. The van der Waals surface area contributed by atoms with E-state index in [0.717, 1.165) is 18.6 Å². The van der Waals surface area contributed by atoms with Gasteiger partial charge in [0.15, 0.2) is 0 Å². The summed E-state index contributed by atoms with van der Waals surface area (Å²) in [6, 6.07) is 6.15. The Balaban J connectivity index is 2.52. The van der Waals surface area contributed by atoms with Gasteiger partial charge in [0.05, 0.1) is 25.9 Å². The summed E-state index contributed by atoms with van der Waals surface area (Å²) in [5.41, 5.74) is 0.467. The molecule has 1 aromatic carbocycles. The first kappa shape index (κ1) is 15.5. The Kier molecular flexibility index (Phi) is 6.92. The first-order valence-electron chi connectivity index (χ1n) is 6.46. The predicted molar refractivity (Wildman–Crippen MR) is 72.3 cm³/mol. The Morgan fingerprint density at radius 2 is 1.89 bits per heavy atom. The van der Waals surface area contributed by atoms with Crippen LogP contribution in [0, 0.1) is 0 Å². The van der Waals surface area contributed by atoms with Gasteiger partial charge in [0.2, 0.25) is 0 Å². The van der Waals surface area contributed by atoms with E-state index in [2.05, 4.69) is 12.2 Å². The maximum atomic E-state index is 11.8. The summed E-state index contributed by atoms with van der Waals surface area (Å²) in [4.78, 5) is 11.8. The molecule has 5 heteroatoms. The van der Waals surface area contributed by atoms with E-state index in [4.69, 9.17) is 14.9 Å². The zero-order valence-electron chi connectivity index (χ0n) is 11.1. The summed E-state index contributed by atoms with van der Waals surface area (Å²) in [6.07, 6.45) is 2.07. The van der Waals surface area contributed by atoms with E-state index < -0.39 is 6.04 Å². The van der Waals surface area contributed by atoms with Gasteiger partial charge in [-0.25, -0.2) is 0 Å². The van der Waals surface area contributed by atoms with Crippen molar-refractivity contribution < 1.29 is 19.7 Å². The maximum Gasteiger partial charge on any atom is 0.251 e. The minimum Gasteiger partial charge on any atom is -0.494 e. The highest BCUT2D eigenvalue weighted by Crippen LogP contribution is 2.12. The summed E-state index contributed by atoms with van der Waals surface area (Å²) in [5, 5.41) is 20.3. The molecule has 1 rings (SSSR count). The molecule has 0 aliphatic carbocycles. The Morgan fingerprint density at radius 3 is 2.42 bits per heavy atom. The van der Waals surface area contributed by atoms with Crippen molar-refractivity contribution in [3.05, 3.63) is 29.8 Å². The average molecular weight is 267 g/mol. The average Bonchev–Trinajstić information content (AvgIpc) is 2.45. The van der Waals surface area contributed by atoms with Crippen molar-refractivity contribution >= 4 is 5.91 Å². The summed E-state index contributed by atoms with van der Waals surface area (Å²) in [6.45, 7) is 2.18. The number of rotatable bonds is 8. The Hall–Kier alpha value is -1.59. The second-order valence-electron chi connectivity index (χ2n) is 4.26. The zero-order valence-corrected chi connectivity index (χ0v) is 11.1. The summed E-state index contributed by atoms with van der Waals surface area (Å²) in [7, 11) is 0. The third-order valence-electron chi connectivity index (χ3n) is 2.66. The van der Waals surface area contributed by atoms with Gasteiger partial charge in [-0.3, -0.25) is 4.79 Å². The van der Waals surface area contributed by atoms with Gasteiger partial charge in [-0.15, -0.1) is 0 Å². The van der Waals surface area contributed by atoms with E-state index >= 15 is 0 Å². The molecule has 0 fully saturated rings. The van der Waals surface area contributed by atoms with Crippen molar-refractivity contribution in [2.45, 2.75) is 25.8 Å². The van der Waals surface area contributed by atoms with Crippen LogP contribution in [-0.4, -0.2) is 42.0 Å². The van der Waals surface area contributed by atoms with E-state index in [-0.39, 0.29) is 19.1 Å². The fourth-order valence-electron chi connectivity index (χ4n) is 1.45. The molecule has 0 aromatic heterocycles. The summed E-state index contributed by atoms with van der Waals surface area (Å²) >= 11 is 0. The molecule has 0 saturated carbocycles. The molecule has 0 aliphatic heterocycles. The third kappa shape index (κ3) is 5.28. The molecule has 5 nitrogen and oxygen atoms in total. The minimum atomic E-state index is -0.631. The summed E-state index contributed by atoms with van der Waals surface area (Å²) in [5.74, 6) is 0.402. The number of unbranched alkanes of at least 4 members (excludes halogenated alkanes) is 1. The number of hydrogen-bond acceptors (Lipinski definition) is 4. The highest BCUT2D eigenvalue weighted by atomic mass is 16.5. The van der Waals surface area contributed by atoms with Gasteiger partial charge >= 0.3 is 0 Å². The number of nitrogens with one attached hydrogen (secondary N) is 1. The number of carbonyl (C=O) groups excluding carboxylic acids is 1. The van der Waals surface area contributed by atoms with Crippen LogP contribution in [0.5, 0.6) is 5.75 Å². The molecule has 0 aliphatic rings. The first-order chi connectivity index (χ1) is 9.21. The lowest BCUT2D eigenvalue weighted by Gasteiger charge is -2.13. The van der Waals surface area contributed by atoms with E-state index in [0.29, 0.717) is 12.2 Å². The fraction of sp³-hybridized carbons (Fsp3) is 0.500. The number of benzene rings is 1. The molecule has 0 saturated heterocycles. The van der Waals surface area contributed by atoms with Crippen LogP contribution in [0.15, 0.2) is 24.3 Å². The number of ether oxygens (including phenoxy) is 1. The van der Waals surface area contributed by atoms with Crippen LogP contribution in [0.3, 0.4) is 0 Å². The van der Waals surface area contributed by atoms with Crippen molar-refractivity contribution in [3.8, 4) is 5.75 Å². The van der Waals surface area contributed by atoms with Gasteiger partial charge in [0, 0.05) is 5.56 Å². The Labute approximate surface area is 113 Å². The van der Waals surface area contributed by atoms with E-state index in [1.54, 1.807) is 24.3 Å². The Morgan fingerprint density at radius 1 is 1.26 bits per heavy atom. The smallest absolute Gasteiger partial charge is 0.251 e. The van der Waals surface area contributed by atoms with E-state index in [9.17, 15) is 4.79 Å². The van der Waals surface area contributed by atoms with Gasteiger partial charge in [-0.2, -0.15) is 0 Å². The lowest BCUT2D eigenvalue weighted by atomic mass is 10.2. The van der Waals surface area contributed by atoms with Gasteiger partial charge in [0.1, 0.15) is 5.75 Å². The number of carbonyl (C=O) groups is 1. The van der Waals surface area contributed by atoms with Crippen molar-refractivity contribution in [1.29, 1.82) is 0 Å². The van der Waals surface area contributed by atoms with Gasteiger partial charge in [-0.05, 0) is 30.7 Å². The molecule has 106 valence electrons. The number of aliphatic hydroxyl groups is 2. The first-order valence-corrected chi connectivity index (χ1v) is 6.46. The zero-order chi connectivity index (χ0) is 14.1. The molecule has 0 bridgehead atoms. The van der Waals surface area contributed by atoms with E-state index in [1.165, 1.54) is 0 Å². The fourth-order valence-corrected chi connectivity index (χ4v) is 1.45. The molecule has 0 heterocycles. The quantitative estimate of drug-likeness (QED) is 0.613. The molecular formula is C14H21NO4. The van der Waals surface area contributed by atoms with Crippen molar-refractivity contribution in [2.24, 2.45) is 0 Å². The second-order valence-corrected chi connectivity index (χ2v) is 4.26. The van der Waals surface area contributed by atoms with Crippen LogP contribution in [0.25, 0.3) is 0 Å². The van der Waals surface area contributed by atoms with Gasteiger partial charge in [0.25, 0.3) is 5.91 Å². The molecule has 0 radical (unpaired) electrons. The highest BCUT2D eigenvalue weighted by molar-refractivity contribution is 5.94. The number of aliphatic hydroxyl groups excluding tert-OH is 2. The highest BCUT2D eigenvalue weighted by Gasteiger charge is 2.11. The van der Waals surface area contributed by atoms with Crippen LogP contribution in [0.1, 0.15) is 30.1 Å². The normalized spacial score (nSPS) is 10.5. The SMILES string of the molecule is CCCCOc1ccc(C(=O)NC(CO)CO)cc1. The number of amides is 1. The van der Waals surface area contributed by atoms with Crippen LogP contribution in [0.4, 0.5) is 0 Å². The second kappa shape index (κ2) is 8.50. The van der Waals surface area contributed by atoms with Gasteiger partial charge < -0.3 is 20.3 Å². The van der Waals surface area contributed by atoms with Crippen LogP contribution in [0.2, 0.25) is 0 Å². The van der Waals surface area contributed by atoms with Crippen LogP contribution in [-0.2, 0) is 0 Å². The summed E-state index contributed by atoms with van der Waals surface area (Å²) < 4.78 is 5.49. The largest absolute Gasteiger partial charge is 0.494 e. The van der Waals surface area contributed by atoms with Crippen molar-refractivity contribution in [1.82, 2.24) is 5.32 Å². The van der Waals surface area contributed by atoms with E-state index in [1.807, 2.05) is 0 Å². The molecule has 0 unspecified atom stereocenters. The maximum absolute atomic E-state index is 11.8. The van der Waals surface area contributed by atoms with Crippen LogP contribution < -0.4 is 10.1 Å². The van der Waals surface area contributed by atoms with Crippen molar-refractivity contribution in [2.75, 3.05) is 19.8 Å². The van der Waals surface area contributed by atoms with Crippen molar-refractivity contribution in [3.63, 3.8) is 0 Å². The predicted octanol–water partition coefficient (Wildman–Crippen LogP) is 0.948. The lowest BCUT2D eigenvalue weighted by molar-refractivity contribution is 0.0879. The molecule has 3 N–H and O–H groups in total. The molecule has 1 amide bonds. The molecule has 0 spiro atoms. The minimum absolute atomic E-state index is 0.291. The standard InChI is InChI=1S/C14H21NO4/c1-2-3-8-19-13-6-4-11(5-7-13)14(18)15-12(9-16)10-17/h4-7,12,16-17H,2-3,8-10H2,1H3,(H,15,18). The molecule has 19 heavy (non-hydrogen) atoms. The molecule has 1 aromatic rings. The topological polar surface area (TPSA) is 78.8 Å². The molecular weight excluding hydrogens is 246 g/mol. The lowest BCUT2D eigenvalue weighted by Crippen LogP contribution is -2.40. The van der Waals surface area contributed by atoms with Crippen LogP contribution >= 0.6 is 0 Å². The molecule has 0 atom stereocenters.